The number of benzene rings is 2. The van der Waals surface area contributed by atoms with E-state index in [0.29, 0.717) is 29.4 Å². The minimum atomic E-state index is 0.176. The molecule has 0 aromatic heterocycles. The van der Waals surface area contributed by atoms with E-state index in [0.717, 1.165) is 62.5 Å². The largest absolute Gasteiger partial charge is 0.493 e. The molecule has 0 N–H and O–H groups in total. The second kappa shape index (κ2) is 10.1. The highest BCUT2D eigenvalue weighted by atomic mass is 16.5. The number of fused-ring (bicyclic) bond motifs is 2. The summed E-state index contributed by atoms with van der Waals surface area (Å²) in [6.07, 6.45) is 5.49. The van der Waals surface area contributed by atoms with E-state index >= 15 is 0 Å². The van der Waals surface area contributed by atoms with Gasteiger partial charge in [-0.05, 0) is 79.3 Å². The maximum atomic E-state index is 13.5. The SMILES string of the molecule is COc1cc(CN2CCC(C(=O)N3C[C@@]4(C)C[C@@H]3CC(C)(C)C4)CC2)ccc1OCc1ccccc1. The number of carbonyl (C=O) groups excluding carboxylic acids is 1. The first-order chi connectivity index (χ1) is 17.2. The van der Waals surface area contributed by atoms with Crippen molar-refractivity contribution in [1.29, 1.82) is 0 Å². The van der Waals surface area contributed by atoms with E-state index in [9.17, 15) is 4.79 Å². The van der Waals surface area contributed by atoms with Crippen LogP contribution in [0.25, 0.3) is 0 Å². The van der Waals surface area contributed by atoms with E-state index in [1.165, 1.54) is 18.4 Å². The molecule has 5 heteroatoms. The lowest BCUT2D eigenvalue weighted by Crippen LogP contribution is -2.44. The van der Waals surface area contributed by atoms with Gasteiger partial charge < -0.3 is 14.4 Å². The summed E-state index contributed by atoms with van der Waals surface area (Å²) in [6, 6.07) is 16.9. The topological polar surface area (TPSA) is 42.0 Å². The summed E-state index contributed by atoms with van der Waals surface area (Å²) in [5.74, 6) is 2.13. The van der Waals surface area contributed by atoms with E-state index in [-0.39, 0.29) is 5.92 Å². The Balaban J connectivity index is 1.14. The summed E-state index contributed by atoms with van der Waals surface area (Å²) in [7, 11) is 1.69. The molecule has 3 fully saturated rings. The highest BCUT2D eigenvalue weighted by Gasteiger charge is 2.51. The number of methoxy groups -OCH3 is 1. The van der Waals surface area contributed by atoms with Gasteiger partial charge in [-0.3, -0.25) is 9.69 Å². The molecule has 1 aliphatic carbocycles. The van der Waals surface area contributed by atoms with E-state index in [4.69, 9.17) is 9.47 Å². The molecule has 2 saturated heterocycles. The molecule has 2 aromatic carbocycles. The highest BCUT2D eigenvalue weighted by Crippen LogP contribution is 2.53. The van der Waals surface area contributed by atoms with Crippen LogP contribution in [-0.2, 0) is 17.9 Å². The molecule has 2 bridgehead atoms. The highest BCUT2D eigenvalue weighted by molar-refractivity contribution is 5.79. The van der Waals surface area contributed by atoms with Crippen LogP contribution in [0.1, 0.15) is 64.0 Å². The Hall–Kier alpha value is -2.53. The minimum Gasteiger partial charge on any atom is -0.493 e. The molecule has 3 aliphatic rings. The van der Waals surface area contributed by atoms with Gasteiger partial charge in [-0.25, -0.2) is 0 Å². The third-order valence-corrected chi connectivity index (χ3v) is 8.51. The predicted molar refractivity (Wildman–Crippen MR) is 143 cm³/mol. The quantitative estimate of drug-likeness (QED) is 0.484. The summed E-state index contributed by atoms with van der Waals surface area (Å²) in [6.45, 7) is 11.4. The molecule has 36 heavy (non-hydrogen) atoms. The molecule has 1 amide bonds. The second-order valence-corrected chi connectivity index (χ2v) is 12.5. The molecule has 2 atom stereocenters. The van der Waals surface area contributed by atoms with E-state index in [2.05, 4.69) is 54.8 Å². The molecule has 0 unspecified atom stereocenters. The van der Waals surface area contributed by atoms with Gasteiger partial charge in [0.15, 0.2) is 11.5 Å². The van der Waals surface area contributed by atoms with Crippen molar-refractivity contribution >= 4 is 5.91 Å². The summed E-state index contributed by atoms with van der Waals surface area (Å²) in [5, 5.41) is 0. The molecule has 0 radical (unpaired) electrons. The minimum absolute atomic E-state index is 0.176. The van der Waals surface area contributed by atoms with Crippen molar-refractivity contribution in [1.82, 2.24) is 9.80 Å². The second-order valence-electron chi connectivity index (χ2n) is 12.5. The molecule has 2 aromatic rings. The molecule has 2 aliphatic heterocycles. The van der Waals surface area contributed by atoms with Gasteiger partial charge in [0.05, 0.1) is 7.11 Å². The number of hydrogen-bond donors (Lipinski definition) is 0. The Morgan fingerprint density at radius 1 is 0.972 bits per heavy atom. The molecule has 1 saturated carbocycles. The summed E-state index contributed by atoms with van der Waals surface area (Å²) in [4.78, 5) is 18.3. The zero-order valence-corrected chi connectivity index (χ0v) is 22.5. The van der Waals surface area contributed by atoms with E-state index < -0.39 is 0 Å². The molecular weight excluding hydrogens is 448 g/mol. The van der Waals surface area contributed by atoms with Crippen LogP contribution < -0.4 is 9.47 Å². The molecule has 5 nitrogen and oxygen atoms in total. The third kappa shape index (κ3) is 5.56. The van der Waals surface area contributed by atoms with Crippen molar-refractivity contribution in [3.05, 3.63) is 59.7 Å². The molecular formula is C31H42N2O3. The first-order valence-electron chi connectivity index (χ1n) is 13.6. The van der Waals surface area contributed by atoms with Gasteiger partial charge in [-0.1, -0.05) is 57.2 Å². The Bertz CT molecular complexity index is 1060. The van der Waals surface area contributed by atoms with Crippen LogP contribution in [0.15, 0.2) is 48.5 Å². The maximum absolute atomic E-state index is 13.5. The first-order valence-corrected chi connectivity index (χ1v) is 13.6. The zero-order chi connectivity index (χ0) is 25.3. The van der Waals surface area contributed by atoms with Crippen LogP contribution in [0.5, 0.6) is 11.5 Å². The van der Waals surface area contributed by atoms with Gasteiger partial charge in [-0.15, -0.1) is 0 Å². The summed E-state index contributed by atoms with van der Waals surface area (Å²) >= 11 is 0. The summed E-state index contributed by atoms with van der Waals surface area (Å²) in [5.41, 5.74) is 3.00. The fourth-order valence-electron chi connectivity index (χ4n) is 7.21. The Kier molecular flexibility index (Phi) is 7.04. The number of hydrogen-bond acceptors (Lipinski definition) is 4. The predicted octanol–water partition coefficient (Wildman–Crippen LogP) is 5.91. The van der Waals surface area contributed by atoms with Crippen LogP contribution in [0, 0.1) is 16.7 Å². The maximum Gasteiger partial charge on any atom is 0.226 e. The van der Waals surface area contributed by atoms with E-state index in [1.807, 2.05) is 24.3 Å². The van der Waals surface area contributed by atoms with Gasteiger partial charge in [0, 0.05) is 25.0 Å². The number of carbonyl (C=O) groups is 1. The molecule has 5 rings (SSSR count). The van der Waals surface area contributed by atoms with Crippen LogP contribution >= 0.6 is 0 Å². The van der Waals surface area contributed by atoms with Gasteiger partial charge in [-0.2, -0.15) is 0 Å². The molecule has 2 heterocycles. The smallest absolute Gasteiger partial charge is 0.226 e. The van der Waals surface area contributed by atoms with Crippen LogP contribution in [0.3, 0.4) is 0 Å². The van der Waals surface area contributed by atoms with Crippen molar-refractivity contribution in [3.8, 4) is 11.5 Å². The van der Waals surface area contributed by atoms with Crippen LogP contribution in [0.2, 0.25) is 0 Å². The number of piperidine rings is 1. The number of nitrogens with zero attached hydrogens (tertiary/aromatic N) is 2. The Labute approximate surface area is 216 Å². The third-order valence-electron chi connectivity index (χ3n) is 8.51. The van der Waals surface area contributed by atoms with Crippen LogP contribution in [-0.4, -0.2) is 48.5 Å². The van der Waals surface area contributed by atoms with Gasteiger partial charge in [0.25, 0.3) is 0 Å². The van der Waals surface area contributed by atoms with Crippen LogP contribution in [0.4, 0.5) is 0 Å². The number of ether oxygens (including phenoxy) is 2. The lowest BCUT2D eigenvalue weighted by molar-refractivity contribution is -0.138. The average Bonchev–Trinajstić information content (AvgIpc) is 3.12. The van der Waals surface area contributed by atoms with E-state index in [1.54, 1.807) is 7.11 Å². The zero-order valence-electron chi connectivity index (χ0n) is 22.5. The normalized spacial score (nSPS) is 26.1. The number of amides is 1. The Morgan fingerprint density at radius 3 is 2.44 bits per heavy atom. The lowest BCUT2D eigenvalue weighted by atomic mass is 9.65. The first kappa shape index (κ1) is 25.1. The molecule has 0 spiro atoms. The summed E-state index contributed by atoms with van der Waals surface area (Å²) < 4.78 is 11.6. The van der Waals surface area contributed by atoms with Crippen molar-refractivity contribution in [2.24, 2.45) is 16.7 Å². The average molecular weight is 491 g/mol. The molecule has 194 valence electrons. The van der Waals surface area contributed by atoms with Crippen molar-refractivity contribution in [3.63, 3.8) is 0 Å². The van der Waals surface area contributed by atoms with Gasteiger partial charge in [0.1, 0.15) is 6.61 Å². The van der Waals surface area contributed by atoms with Crippen molar-refractivity contribution in [2.45, 2.75) is 72.1 Å². The Morgan fingerprint density at radius 2 is 1.72 bits per heavy atom. The van der Waals surface area contributed by atoms with Crippen molar-refractivity contribution < 1.29 is 14.3 Å². The van der Waals surface area contributed by atoms with Crippen molar-refractivity contribution in [2.75, 3.05) is 26.7 Å². The van der Waals surface area contributed by atoms with Gasteiger partial charge in [0.2, 0.25) is 5.91 Å². The number of rotatable bonds is 7. The van der Waals surface area contributed by atoms with Gasteiger partial charge >= 0.3 is 0 Å². The standard InChI is InChI=1S/C31H42N2O3/c1-30(2)17-26-18-31(3,21-30)22-33(26)29(34)25-12-14-32(15-13-25)19-24-10-11-27(28(16-24)35-4)36-20-23-8-6-5-7-9-23/h5-11,16,25-26H,12-15,17-22H2,1-4H3/t26-,31-/m0/s1. The monoisotopic (exact) mass is 490 g/mol. The number of likely N-dealkylation sites (tertiary alicyclic amines) is 2. The fourth-order valence-corrected chi connectivity index (χ4v) is 7.21. The lowest BCUT2D eigenvalue weighted by Gasteiger charge is -2.40. The fraction of sp³-hybridized carbons (Fsp3) is 0.581.